The van der Waals surface area contributed by atoms with Crippen molar-refractivity contribution in [2.45, 2.75) is 96.6 Å². The van der Waals surface area contributed by atoms with Gasteiger partial charge in [-0.15, -0.1) is 0 Å². The van der Waals surface area contributed by atoms with Gasteiger partial charge >= 0.3 is 0 Å². The second-order valence-electron chi connectivity index (χ2n) is 7.24. The van der Waals surface area contributed by atoms with Crippen LogP contribution in [0.25, 0.3) is 0 Å². The summed E-state index contributed by atoms with van der Waals surface area (Å²) in [6.45, 7) is 9.54. The van der Waals surface area contributed by atoms with Gasteiger partial charge < -0.3 is 10.2 Å². The van der Waals surface area contributed by atoms with Crippen LogP contribution in [0.1, 0.15) is 85.0 Å². The largest absolute Gasteiger partial charge is 0.306 e. The molecule has 2 heteroatoms. The molecule has 1 rings (SSSR count). The van der Waals surface area contributed by atoms with Gasteiger partial charge in [0.25, 0.3) is 0 Å². The summed E-state index contributed by atoms with van der Waals surface area (Å²) in [7, 11) is 2.22. The van der Waals surface area contributed by atoms with E-state index in [2.05, 4.69) is 38.0 Å². The number of nitrogens with zero attached hydrogens (tertiary/aromatic N) is 1. The highest BCUT2D eigenvalue weighted by Gasteiger charge is 2.31. The smallest absolute Gasteiger partial charge is 0.0327 e. The summed E-state index contributed by atoms with van der Waals surface area (Å²) in [5, 5.41) is 3.97. The van der Waals surface area contributed by atoms with E-state index >= 15 is 0 Å². The third-order valence-electron chi connectivity index (χ3n) is 4.78. The van der Waals surface area contributed by atoms with Gasteiger partial charge in [-0.25, -0.2) is 0 Å². The molecule has 0 aliphatic carbocycles. The number of nitrogens with one attached hydrogen (secondary N) is 1. The molecule has 1 N–H and O–H groups in total. The highest BCUT2D eigenvalue weighted by molar-refractivity contribution is 4.92. The summed E-state index contributed by atoms with van der Waals surface area (Å²) in [5.41, 5.74) is 0.382. The van der Waals surface area contributed by atoms with E-state index in [4.69, 9.17) is 0 Å². The average Bonchev–Trinajstić information content (AvgIpc) is 2.38. The first-order valence-corrected chi connectivity index (χ1v) is 9.06. The van der Waals surface area contributed by atoms with Gasteiger partial charge in [0.1, 0.15) is 0 Å². The Morgan fingerprint density at radius 2 is 1.40 bits per heavy atom. The quantitative estimate of drug-likeness (QED) is 0.527. The maximum Gasteiger partial charge on any atom is 0.0327 e. The summed E-state index contributed by atoms with van der Waals surface area (Å²) in [5.74, 6) is 0. The fraction of sp³-hybridized carbons (Fsp3) is 1.00. The lowest BCUT2D eigenvalue weighted by atomic mass is 9.86. The number of rotatable bonds is 12. The Kier molecular flexibility index (Phi) is 8.79. The third kappa shape index (κ3) is 7.08. The van der Waals surface area contributed by atoms with Crippen LogP contribution in [0.4, 0.5) is 0 Å². The Morgan fingerprint density at radius 1 is 0.900 bits per heavy atom. The minimum absolute atomic E-state index is 0.382. The zero-order valence-corrected chi connectivity index (χ0v) is 14.5. The molecule has 1 fully saturated rings. The van der Waals surface area contributed by atoms with Crippen molar-refractivity contribution in [3.8, 4) is 0 Å². The monoisotopic (exact) mass is 282 g/mol. The van der Waals surface area contributed by atoms with E-state index in [1.165, 1.54) is 77.3 Å². The molecule has 1 aliphatic rings. The number of likely N-dealkylation sites (tertiary alicyclic amines) is 1. The van der Waals surface area contributed by atoms with Gasteiger partial charge in [0.15, 0.2) is 0 Å². The van der Waals surface area contributed by atoms with Gasteiger partial charge in [-0.1, -0.05) is 65.2 Å². The van der Waals surface area contributed by atoms with Crippen molar-refractivity contribution >= 4 is 0 Å². The van der Waals surface area contributed by atoms with E-state index in [0.717, 1.165) is 6.04 Å². The first kappa shape index (κ1) is 18.0. The standard InChI is InChI=1S/C18H38N2/c1-5-7-9-11-13-18(3,14-12-10-8-6-2)19-17-15-20(4)16-17/h17,19H,5-16H2,1-4H3. The zero-order valence-electron chi connectivity index (χ0n) is 14.5. The van der Waals surface area contributed by atoms with Gasteiger partial charge in [-0.3, -0.25) is 0 Å². The summed E-state index contributed by atoms with van der Waals surface area (Å²) in [6.07, 6.45) is 13.8. The number of likely N-dealkylation sites (N-methyl/N-ethyl adjacent to an activating group) is 1. The predicted octanol–water partition coefficient (Wildman–Crippen LogP) is 4.59. The van der Waals surface area contributed by atoms with Crippen LogP contribution < -0.4 is 5.32 Å². The molecular formula is C18H38N2. The second kappa shape index (κ2) is 9.78. The van der Waals surface area contributed by atoms with Crippen molar-refractivity contribution < 1.29 is 0 Å². The Labute approximate surface area is 127 Å². The van der Waals surface area contributed by atoms with Crippen LogP contribution in [0.2, 0.25) is 0 Å². The predicted molar refractivity (Wildman–Crippen MR) is 90.3 cm³/mol. The topological polar surface area (TPSA) is 15.3 Å². The van der Waals surface area contributed by atoms with E-state index in [1.807, 2.05) is 0 Å². The lowest BCUT2D eigenvalue weighted by Gasteiger charge is -2.44. The Bertz CT molecular complexity index is 222. The van der Waals surface area contributed by atoms with Crippen LogP contribution in [0, 0.1) is 0 Å². The van der Waals surface area contributed by atoms with Crippen molar-refractivity contribution in [3.05, 3.63) is 0 Å². The molecule has 1 aliphatic heterocycles. The molecule has 0 radical (unpaired) electrons. The molecule has 0 spiro atoms. The van der Waals surface area contributed by atoms with Gasteiger partial charge in [-0.2, -0.15) is 0 Å². The van der Waals surface area contributed by atoms with Crippen molar-refractivity contribution in [2.24, 2.45) is 0 Å². The summed E-state index contributed by atoms with van der Waals surface area (Å²) < 4.78 is 0. The lowest BCUT2D eigenvalue weighted by Crippen LogP contribution is -2.62. The Hall–Kier alpha value is -0.0800. The van der Waals surface area contributed by atoms with E-state index in [1.54, 1.807) is 0 Å². The number of hydrogen-bond donors (Lipinski definition) is 1. The SMILES string of the molecule is CCCCCCC(C)(CCCCCC)NC1CN(C)C1. The fourth-order valence-electron chi connectivity index (χ4n) is 3.44. The Balaban J connectivity index is 2.31. The minimum atomic E-state index is 0.382. The second-order valence-corrected chi connectivity index (χ2v) is 7.24. The van der Waals surface area contributed by atoms with Crippen LogP contribution in [0.3, 0.4) is 0 Å². The molecule has 120 valence electrons. The first-order chi connectivity index (χ1) is 9.59. The molecule has 0 unspecified atom stereocenters. The molecule has 0 aromatic heterocycles. The van der Waals surface area contributed by atoms with Crippen LogP contribution >= 0.6 is 0 Å². The number of hydrogen-bond acceptors (Lipinski definition) is 2. The normalized spacial score (nSPS) is 17.4. The van der Waals surface area contributed by atoms with E-state index in [-0.39, 0.29) is 0 Å². The highest BCUT2D eigenvalue weighted by atomic mass is 15.2. The van der Waals surface area contributed by atoms with Crippen LogP contribution in [-0.2, 0) is 0 Å². The highest BCUT2D eigenvalue weighted by Crippen LogP contribution is 2.24. The van der Waals surface area contributed by atoms with E-state index < -0.39 is 0 Å². The van der Waals surface area contributed by atoms with Crippen molar-refractivity contribution in [1.82, 2.24) is 10.2 Å². The van der Waals surface area contributed by atoms with Crippen LogP contribution in [0.15, 0.2) is 0 Å². The average molecular weight is 283 g/mol. The summed E-state index contributed by atoms with van der Waals surface area (Å²) in [6, 6.07) is 0.738. The van der Waals surface area contributed by atoms with Crippen LogP contribution in [-0.4, -0.2) is 36.6 Å². The van der Waals surface area contributed by atoms with E-state index in [0.29, 0.717) is 5.54 Å². The molecule has 0 amide bonds. The van der Waals surface area contributed by atoms with Crippen molar-refractivity contribution in [2.75, 3.05) is 20.1 Å². The van der Waals surface area contributed by atoms with Gasteiger partial charge in [0.05, 0.1) is 0 Å². The molecule has 0 atom stereocenters. The first-order valence-electron chi connectivity index (χ1n) is 9.06. The van der Waals surface area contributed by atoms with Crippen molar-refractivity contribution in [3.63, 3.8) is 0 Å². The Morgan fingerprint density at radius 3 is 1.80 bits per heavy atom. The molecule has 0 aromatic carbocycles. The molecule has 2 nitrogen and oxygen atoms in total. The van der Waals surface area contributed by atoms with Gasteiger partial charge in [0.2, 0.25) is 0 Å². The lowest BCUT2D eigenvalue weighted by molar-refractivity contribution is 0.119. The summed E-state index contributed by atoms with van der Waals surface area (Å²) >= 11 is 0. The summed E-state index contributed by atoms with van der Waals surface area (Å²) in [4.78, 5) is 2.41. The third-order valence-corrected chi connectivity index (χ3v) is 4.78. The maximum atomic E-state index is 3.97. The van der Waals surface area contributed by atoms with Gasteiger partial charge in [0, 0.05) is 24.7 Å². The number of unbranched alkanes of at least 4 members (excludes halogenated alkanes) is 6. The molecule has 0 saturated carbocycles. The molecule has 20 heavy (non-hydrogen) atoms. The molecule has 1 saturated heterocycles. The fourth-order valence-corrected chi connectivity index (χ4v) is 3.44. The van der Waals surface area contributed by atoms with E-state index in [9.17, 15) is 0 Å². The minimum Gasteiger partial charge on any atom is -0.306 e. The zero-order chi connectivity index (χ0) is 14.8. The molecule has 1 heterocycles. The van der Waals surface area contributed by atoms with Gasteiger partial charge in [-0.05, 0) is 26.8 Å². The molecule has 0 aromatic rings. The van der Waals surface area contributed by atoms with Crippen molar-refractivity contribution in [1.29, 1.82) is 0 Å². The molecule has 0 bridgehead atoms. The molecular weight excluding hydrogens is 244 g/mol. The maximum absolute atomic E-state index is 3.97. The van der Waals surface area contributed by atoms with Crippen LogP contribution in [0.5, 0.6) is 0 Å².